The molecule has 3 aromatic heterocycles. The van der Waals surface area contributed by atoms with Crippen molar-refractivity contribution in [3.63, 3.8) is 0 Å². The van der Waals surface area contributed by atoms with Crippen molar-refractivity contribution in [3.05, 3.63) is 60.6 Å². The van der Waals surface area contributed by atoms with Gasteiger partial charge in [0.2, 0.25) is 5.95 Å². The molecule has 1 N–H and O–H groups in total. The number of carbonyl (C=O) groups is 1. The summed E-state index contributed by atoms with van der Waals surface area (Å²) in [6.07, 6.45) is 7.53. The van der Waals surface area contributed by atoms with Crippen LogP contribution in [-0.4, -0.2) is 38.7 Å². The van der Waals surface area contributed by atoms with Gasteiger partial charge < -0.3 is 14.6 Å². The number of hydrogen-bond acceptors (Lipinski definition) is 6. The van der Waals surface area contributed by atoms with Crippen molar-refractivity contribution < 1.29 is 9.21 Å². The second-order valence-corrected chi connectivity index (χ2v) is 5.87. The minimum atomic E-state index is -0.204. The molecule has 0 radical (unpaired) electrons. The highest BCUT2D eigenvalue weighted by molar-refractivity contribution is 5.91. The molecule has 1 atom stereocenters. The Morgan fingerprint density at radius 3 is 2.92 bits per heavy atom. The van der Waals surface area contributed by atoms with Gasteiger partial charge in [-0.15, -0.1) is 0 Å². The Bertz CT molecular complexity index is 830. The van der Waals surface area contributed by atoms with Gasteiger partial charge in [0, 0.05) is 31.7 Å². The normalized spacial score (nSPS) is 16.5. The third kappa shape index (κ3) is 3.23. The molecular formula is C17H18N6O2. The summed E-state index contributed by atoms with van der Waals surface area (Å²) in [6.45, 7) is 2.00. The van der Waals surface area contributed by atoms with Crippen LogP contribution in [0, 0.1) is 0 Å². The zero-order valence-corrected chi connectivity index (χ0v) is 13.6. The molecule has 0 fully saturated rings. The van der Waals surface area contributed by atoms with Crippen molar-refractivity contribution in [1.29, 1.82) is 0 Å². The van der Waals surface area contributed by atoms with E-state index in [1.807, 2.05) is 10.7 Å². The van der Waals surface area contributed by atoms with Gasteiger partial charge in [-0.25, -0.2) is 9.97 Å². The molecule has 8 heteroatoms. The third-order valence-electron chi connectivity index (χ3n) is 4.23. The maximum Gasteiger partial charge on any atom is 0.286 e. The average molecular weight is 338 g/mol. The van der Waals surface area contributed by atoms with Crippen LogP contribution in [0.15, 0.2) is 53.5 Å². The lowest BCUT2D eigenvalue weighted by atomic mass is 10.1. The van der Waals surface area contributed by atoms with Crippen LogP contribution >= 0.6 is 0 Å². The third-order valence-corrected chi connectivity index (χ3v) is 4.23. The van der Waals surface area contributed by atoms with Gasteiger partial charge in [-0.05, 0) is 30.7 Å². The number of nitrogens with zero attached hydrogens (tertiary/aromatic N) is 5. The fourth-order valence-corrected chi connectivity index (χ4v) is 3.06. The van der Waals surface area contributed by atoms with Crippen LogP contribution in [0.5, 0.6) is 0 Å². The summed E-state index contributed by atoms with van der Waals surface area (Å²) in [5.74, 6) is 0.826. The number of hydrogen-bond donors (Lipinski definition) is 1. The highest BCUT2D eigenvalue weighted by atomic mass is 16.3. The summed E-state index contributed by atoms with van der Waals surface area (Å²) in [5.41, 5.74) is 1.11. The molecule has 0 bridgehead atoms. The van der Waals surface area contributed by atoms with E-state index in [1.54, 1.807) is 36.8 Å². The molecule has 0 unspecified atom stereocenters. The Morgan fingerprint density at radius 2 is 2.12 bits per heavy atom. The molecule has 3 aromatic rings. The van der Waals surface area contributed by atoms with E-state index in [-0.39, 0.29) is 11.9 Å². The quantitative estimate of drug-likeness (QED) is 0.761. The van der Waals surface area contributed by atoms with Gasteiger partial charge in [0.25, 0.3) is 5.91 Å². The topological polar surface area (TPSA) is 89.1 Å². The number of anilines is 1. The van der Waals surface area contributed by atoms with Gasteiger partial charge in [0.15, 0.2) is 5.76 Å². The maximum atomic E-state index is 12.0. The zero-order valence-electron chi connectivity index (χ0n) is 13.6. The summed E-state index contributed by atoms with van der Waals surface area (Å²) in [5, 5.41) is 7.32. The minimum Gasteiger partial charge on any atom is -0.459 e. The van der Waals surface area contributed by atoms with Crippen LogP contribution < -0.4 is 10.2 Å². The number of aromatic nitrogens is 4. The molecule has 0 aromatic carbocycles. The van der Waals surface area contributed by atoms with Gasteiger partial charge in [0.1, 0.15) is 0 Å². The first-order valence-corrected chi connectivity index (χ1v) is 8.17. The Morgan fingerprint density at radius 1 is 1.24 bits per heavy atom. The number of fused-ring (bicyclic) bond motifs is 1. The summed E-state index contributed by atoms with van der Waals surface area (Å²) in [4.78, 5) is 22.8. The van der Waals surface area contributed by atoms with Crippen LogP contribution in [0.3, 0.4) is 0 Å². The fraction of sp³-hybridized carbons (Fsp3) is 0.294. The molecule has 8 nitrogen and oxygen atoms in total. The lowest BCUT2D eigenvalue weighted by molar-refractivity contribution is 0.0923. The van der Waals surface area contributed by atoms with Crippen molar-refractivity contribution in [2.75, 3.05) is 18.0 Å². The standard InChI is InChI=1S/C17H18N6O2/c24-16(15-3-1-10-25-15)18-8-4-13-11-22(17-19-6-2-7-20-17)12-14-5-9-21-23(13)14/h1-3,5-7,9-10,13H,4,8,11-12H2,(H,18,24)/t13-/m0/s1. The number of furan rings is 1. The smallest absolute Gasteiger partial charge is 0.286 e. The molecular weight excluding hydrogens is 320 g/mol. The minimum absolute atomic E-state index is 0.138. The van der Waals surface area contributed by atoms with E-state index >= 15 is 0 Å². The first-order chi connectivity index (χ1) is 12.3. The number of amides is 1. The Hall–Kier alpha value is -3.16. The number of carbonyl (C=O) groups excluding carboxylic acids is 1. The molecule has 0 saturated heterocycles. The summed E-state index contributed by atoms with van der Waals surface area (Å²) < 4.78 is 7.13. The lowest BCUT2D eigenvalue weighted by Crippen LogP contribution is -2.40. The Balaban J connectivity index is 1.43. The molecule has 128 valence electrons. The lowest BCUT2D eigenvalue weighted by Gasteiger charge is -2.33. The largest absolute Gasteiger partial charge is 0.459 e. The second kappa shape index (κ2) is 6.76. The highest BCUT2D eigenvalue weighted by Crippen LogP contribution is 2.25. The van der Waals surface area contributed by atoms with E-state index in [0.717, 1.165) is 25.2 Å². The first-order valence-electron chi connectivity index (χ1n) is 8.17. The number of rotatable bonds is 5. The van der Waals surface area contributed by atoms with Crippen molar-refractivity contribution >= 4 is 11.9 Å². The molecule has 1 aliphatic rings. The van der Waals surface area contributed by atoms with Gasteiger partial charge in [0.05, 0.1) is 24.5 Å². The van der Waals surface area contributed by atoms with E-state index in [1.165, 1.54) is 6.26 Å². The van der Waals surface area contributed by atoms with Crippen LogP contribution in [0.2, 0.25) is 0 Å². The molecule has 4 heterocycles. The molecule has 4 rings (SSSR count). The number of nitrogens with one attached hydrogen (secondary N) is 1. The molecule has 25 heavy (non-hydrogen) atoms. The summed E-state index contributed by atoms with van der Waals surface area (Å²) >= 11 is 0. The SMILES string of the molecule is O=C(NCC[C@H]1CN(c2ncccn2)Cc2ccnn21)c1ccco1. The molecule has 0 spiro atoms. The van der Waals surface area contributed by atoms with Gasteiger partial charge in [-0.1, -0.05) is 0 Å². The van der Waals surface area contributed by atoms with Crippen LogP contribution in [0.4, 0.5) is 5.95 Å². The molecule has 0 aliphatic carbocycles. The van der Waals surface area contributed by atoms with E-state index in [9.17, 15) is 4.79 Å². The van der Waals surface area contributed by atoms with E-state index in [0.29, 0.717) is 18.3 Å². The van der Waals surface area contributed by atoms with Gasteiger partial charge in [-0.3, -0.25) is 9.48 Å². The van der Waals surface area contributed by atoms with E-state index in [2.05, 4.69) is 25.3 Å². The van der Waals surface area contributed by atoms with E-state index in [4.69, 9.17) is 4.42 Å². The summed E-state index contributed by atoms with van der Waals surface area (Å²) in [7, 11) is 0. The molecule has 1 aliphatic heterocycles. The molecule has 1 amide bonds. The van der Waals surface area contributed by atoms with Crippen molar-refractivity contribution in [2.45, 2.75) is 19.0 Å². The average Bonchev–Trinajstić information content (AvgIpc) is 3.34. The van der Waals surface area contributed by atoms with Gasteiger partial charge >= 0.3 is 0 Å². The maximum absolute atomic E-state index is 12.0. The van der Waals surface area contributed by atoms with Crippen LogP contribution in [-0.2, 0) is 6.54 Å². The Kier molecular flexibility index (Phi) is 4.16. The monoisotopic (exact) mass is 338 g/mol. The predicted molar refractivity (Wildman–Crippen MR) is 90.0 cm³/mol. The first kappa shape index (κ1) is 15.4. The van der Waals surface area contributed by atoms with Crippen molar-refractivity contribution in [1.82, 2.24) is 25.1 Å². The Labute approximate surface area is 144 Å². The zero-order chi connectivity index (χ0) is 17.1. The second-order valence-electron chi connectivity index (χ2n) is 5.87. The van der Waals surface area contributed by atoms with E-state index < -0.39 is 0 Å². The molecule has 0 saturated carbocycles. The predicted octanol–water partition coefficient (Wildman–Crippen LogP) is 1.65. The van der Waals surface area contributed by atoms with Crippen molar-refractivity contribution in [3.8, 4) is 0 Å². The highest BCUT2D eigenvalue weighted by Gasteiger charge is 2.26. The fourth-order valence-electron chi connectivity index (χ4n) is 3.06. The summed E-state index contributed by atoms with van der Waals surface area (Å²) in [6, 6.07) is 7.29. The van der Waals surface area contributed by atoms with Gasteiger partial charge in [-0.2, -0.15) is 5.10 Å². The van der Waals surface area contributed by atoms with Crippen LogP contribution in [0.25, 0.3) is 0 Å². The van der Waals surface area contributed by atoms with Crippen LogP contribution in [0.1, 0.15) is 28.7 Å². The van der Waals surface area contributed by atoms with Crippen molar-refractivity contribution in [2.24, 2.45) is 0 Å².